The number of fused-ring (bicyclic) bond motifs is 2. The first kappa shape index (κ1) is 6.01. The number of nitrogens with zero attached hydrogens (tertiary/aromatic N) is 4. The van der Waals surface area contributed by atoms with Gasteiger partial charge >= 0.3 is 0 Å². The van der Waals surface area contributed by atoms with Crippen LogP contribution in [-0.2, 0) is 0 Å². The molecule has 4 nitrogen and oxygen atoms in total. The molecule has 0 N–H and O–H groups in total. The van der Waals surface area contributed by atoms with Crippen LogP contribution in [0.4, 0.5) is 0 Å². The van der Waals surface area contributed by atoms with Crippen LogP contribution >= 0.6 is 0 Å². The quantitative estimate of drug-likeness (QED) is 0.303. The van der Waals surface area contributed by atoms with E-state index in [-0.39, 0.29) is 6.04 Å². The van der Waals surface area contributed by atoms with Gasteiger partial charge in [0.15, 0.2) is 0 Å². The molecule has 3 unspecified atom stereocenters. The van der Waals surface area contributed by atoms with E-state index >= 15 is 0 Å². The molecule has 2 heterocycles. The fourth-order valence-corrected chi connectivity index (χ4v) is 1.95. The highest BCUT2D eigenvalue weighted by molar-refractivity contribution is 4.94. The van der Waals surface area contributed by atoms with Gasteiger partial charge in [0.1, 0.15) is 0 Å². The largest absolute Gasteiger partial charge is 0.303 e. The Morgan fingerprint density at radius 3 is 2.90 bits per heavy atom. The van der Waals surface area contributed by atoms with E-state index in [4.69, 9.17) is 5.53 Å². The summed E-state index contributed by atoms with van der Waals surface area (Å²) < 4.78 is 0. The van der Waals surface area contributed by atoms with Crippen molar-refractivity contribution in [3.63, 3.8) is 0 Å². The standard InChI is InChI=1S/C6H10N4/c7-9-8-6-4-10-2-1-5(6)3-10/h5-6H,1-4H2. The van der Waals surface area contributed by atoms with Crippen LogP contribution in [0.3, 0.4) is 0 Å². The summed E-state index contributed by atoms with van der Waals surface area (Å²) in [5.74, 6) is 0.663. The van der Waals surface area contributed by atoms with Crippen molar-refractivity contribution >= 4 is 0 Å². The molecule has 54 valence electrons. The van der Waals surface area contributed by atoms with Gasteiger partial charge in [0, 0.05) is 18.0 Å². The molecular formula is C6H10N4. The fraction of sp³-hybridized carbons (Fsp3) is 1.00. The Morgan fingerprint density at radius 2 is 2.40 bits per heavy atom. The molecule has 2 rings (SSSR count). The van der Waals surface area contributed by atoms with Crippen molar-refractivity contribution in [2.45, 2.75) is 12.5 Å². The van der Waals surface area contributed by atoms with E-state index in [2.05, 4.69) is 14.9 Å². The molecule has 0 radical (unpaired) electrons. The Labute approximate surface area is 59.4 Å². The first-order valence-corrected chi connectivity index (χ1v) is 3.66. The van der Waals surface area contributed by atoms with E-state index < -0.39 is 0 Å². The van der Waals surface area contributed by atoms with Gasteiger partial charge in [-0.05, 0) is 24.4 Å². The van der Waals surface area contributed by atoms with Crippen molar-refractivity contribution in [2.24, 2.45) is 11.0 Å². The van der Waals surface area contributed by atoms with Crippen molar-refractivity contribution in [1.29, 1.82) is 0 Å². The minimum Gasteiger partial charge on any atom is -0.303 e. The summed E-state index contributed by atoms with van der Waals surface area (Å²) in [5, 5.41) is 3.75. The van der Waals surface area contributed by atoms with Crippen LogP contribution in [0, 0.1) is 5.92 Å². The third kappa shape index (κ3) is 0.770. The summed E-state index contributed by atoms with van der Waals surface area (Å²) in [6.45, 7) is 3.36. The van der Waals surface area contributed by atoms with E-state index in [1.54, 1.807) is 0 Å². The van der Waals surface area contributed by atoms with Gasteiger partial charge in [0.25, 0.3) is 0 Å². The number of piperidine rings is 1. The summed E-state index contributed by atoms with van der Waals surface area (Å²) in [5.41, 5.74) is 8.19. The molecule has 2 bridgehead atoms. The highest BCUT2D eigenvalue weighted by Gasteiger charge is 2.36. The summed E-state index contributed by atoms with van der Waals surface area (Å²) in [6.07, 6.45) is 1.23. The minimum absolute atomic E-state index is 0.277. The average Bonchev–Trinajstić information content (AvgIpc) is 2.48. The van der Waals surface area contributed by atoms with Crippen molar-refractivity contribution in [2.75, 3.05) is 19.6 Å². The number of hydrogen-bond acceptors (Lipinski definition) is 2. The zero-order chi connectivity index (χ0) is 6.97. The smallest absolute Gasteiger partial charge is 0.0542 e. The lowest BCUT2D eigenvalue weighted by Crippen LogP contribution is -2.25. The molecule has 2 aliphatic heterocycles. The van der Waals surface area contributed by atoms with Gasteiger partial charge in [0.2, 0.25) is 0 Å². The molecule has 2 aliphatic rings. The number of azide groups is 1. The van der Waals surface area contributed by atoms with Crippen LogP contribution in [0.25, 0.3) is 10.4 Å². The van der Waals surface area contributed by atoms with Crippen LogP contribution in [-0.4, -0.2) is 30.6 Å². The van der Waals surface area contributed by atoms with Crippen molar-refractivity contribution in [3.05, 3.63) is 10.4 Å². The molecule has 0 aliphatic carbocycles. The van der Waals surface area contributed by atoms with Crippen LogP contribution in [0.5, 0.6) is 0 Å². The maximum atomic E-state index is 8.19. The van der Waals surface area contributed by atoms with Crippen LogP contribution < -0.4 is 0 Å². The van der Waals surface area contributed by atoms with Gasteiger partial charge in [-0.3, -0.25) is 0 Å². The zero-order valence-electron chi connectivity index (χ0n) is 5.77. The molecule has 0 aromatic carbocycles. The second kappa shape index (κ2) is 2.15. The van der Waals surface area contributed by atoms with Crippen molar-refractivity contribution < 1.29 is 0 Å². The maximum absolute atomic E-state index is 8.19. The lowest BCUT2D eigenvalue weighted by atomic mass is 10.0. The number of hydrogen-bond donors (Lipinski definition) is 0. The molecule has 3 atom stereocenters. The molecule has 10 heavy (non-hydrogen) atoms. The third-order valence-electron chi connectivity index (χ3n) is 2.50. The lowest BCUT2D eigenvalue weighted by molar-refractivity contribution is 0.346. The van der Waals surface area contributed by atoms with Gasteiger partial charge < -0.3 is 4.90 Å². The molecule has 2 saturated heterocycles. The molecule has 0 aromatic heterocycles. The Morgan fingerprint density at radius 1 is 1.50 bits per heavy atom. The Hall–Kier alpha value is -0.730. The van der Waals surface area contributed by atoms with E-state index in [9.17, 15) is 0 Å². The SMILES string of the molecule is [N-]=[N+]=NC1CN2CCC1C2. The van der Waals surface area contributed by atoms with E-state index in [0.717, 1.165) is 13.1 Å². The summed E-state index contributed by atoms with van der Waals surface area (Å²) in [4.78, 5) is 5.20. The van der Waals surface area contributed by atoms with E-state index in [1.807, 2.05) is 0 Å². The second-order valence-electron chi connectivity index (χ2n) is 3.08. The van der Waals surface area contributed by atoms with E-state index in [1.165, 1.54) is 13.0 Å². The van der Waals surface area contributed by atoms with Gasteiger partial charge in [0.05, 0.1) is 6.04 Å². The van der Waals surface area contributed by atoms with Gasteiger partial charge in [-0.15, -0.1) is 0 Å². The Kier molecular flexibility index (Phi) is 1.29. The predicted octanol–water partition coefficient (Wildman–Crippen LogP) is 1.00. The topological polar surface area (TPSA) is 52.0 Å². The van der Waals surface area contributed by atoms with Crippen LogP contribution in [0.2, 0.25) is 0 Å². The zero-order valence-corrected chi connectivity index (χ0v) is 5.77. The average molecular weight is 138 g/mol. The summed E-state index contributed by atoms with van der Waals surface area (Å²) in [6, 6.07) is 0.277. The predicted molar refractivity (Wildman–Crippen MR) is 37.5 cm³/mol. The minimum atomic E-state index is 0.277. The molecular weight excluding hydrogens is 128 g/mol. The monoisotopic (exact) mass is 138 g/mol. The Bertz CT molecular complexity index is 184. The van der Waals surface area contributed by atoms with Gasteiger partial charge in [-0.25, -0.2) is 0 Å². The van der Waals surface area contributed by atoms with Gasteiger partial charge in [-0.2, -0.15) is 0 Å². The maximum Gasteiger partial charge on any atom is 0.0542 e. The molecule has 0 spiro atoms. The van der Waals surface area contributed by atoms with Crippen molar-refractivity contribution in [3.8, 4) is 0 Å². The highest BCUT2D eigenvalue weighted by atomic mass is 15.3. The second-order valence-corrected chi connectivity index (χ2v) is 3.08. The summed E-state index contributed by atoms with van der Waals surface area (Å²) >= 11 is 0. The normalized spacial score (nSPS) is 43.4. The van der Waals surface area contributed by atoms with Crippen LogP contribution in [0.1, 0.15) is 6.42 Å². The molecule has 4 heteroatoms. The first-order chi connectivity index (χ1) is 4.90. The third-order valence-corrected chi connectivity index (χ3v) is 2.50. The Balaban J connectivity index is 2.08. The van der Waals surface area contributed by atoms with E-state index in [0.29, 0.717) is 5.92 Å². The molecule has 2 fully saturated rings. The fourth-order valence-electron chi connectivity index (χ4n) is 1.95. The molecule has 0 aromatic rings. The highest BCUT2D eigenvalue weighted by Crippen LogP contribution is 2.29. The van der Waals surface area contributed by atoms with Gasteiger partial charge in [-0.1, -0.05) is 5.11 Å². The molecule has 0 amide bonds. The first-order valence-electron chi connectivity index (χ1n) is 3.66. The number of rotatable bonds is 1. The summed E-state index contributed by atoms with van der Waals surface area (Å²) in [7, 11) is 0. The molecule has 0 saturated carbocycles. The van der Waals surface area contributed by atoms with Crippen molar-refractivity contribution in [1.82, 2.24) is 4.90 Å². The van der Waals surface area contributed by atoms with Crippen LogP contribution in [0.15, 0.2) is 5.11 Å². The lowest BCUT2D eigenvalue weighted by Gasteiger charge is -2.16.